The molecule has 1 fully saturated rings. The second-order valence-electron chi connectivity index (χ2n) is 9.15. The molecule has 5 rings (SSSR count). The lowest BCUT2D eigenvalue weighted by atomic mass is 10.1. The smallest absolute Gasteiger partial charge is 0.299 e. The van der Waals surface area contributed by atoms with E-state index in [0.717, 1.165) is 42.1 Å². The van der Waals surface area contributed by atoms with Crippen molar-refractivity contribution in [2.24, 2.45) is 0 Å². The lowest BCUT2D eigenvalue weighted by Gasteiger charge is -2.26. The van der Waals surface area contributed by atoms with Crippen LogP contribution in [-0.2, 0) is 29.7 Å². The number of nitrogens with one attached hydrogen (secondary N) is 1. The van der Waals surface area contributed by atoms with Crippen LogP contribution in [0, 0.1) is 0 Å². The summed E-state index contributed by atoms with van der Waals surface area (Å²) >= 11 is 7.30. The Morgan fingerprint density at radius 3 is 2.36 bits per heavy atom. The van der Waals surface area contributed by atoms with Crippen LogP contribution in [0.25, 0.3) is 10.2 Å². The second kappa shape index (κ2) is 10.9. The van der Waals surface area contributed by atoms with Gasteiger partial charge in [-0.1, -0.05) is 71.8 Å². The Balaban J connectivity index is 1.27. The van der Waals surface area contributed by atoms with Gasteiger partial charge in [-0.2, -0.15) is 0 Å². The minimum atomic E-state index is -3.74. The van der Waals surface area contributed by atoms with E-state index in [9.17, 15) is 13.2 Å². The molecule has 4 aromatic rings. The van der Waals surface area contributed by atoms with Gasteiger partial charge in [0.05, 0.1) is 21.7 Å². The number of piperidine rings is 1. The summed E-state index contributed by atoms with van der Waals surface area (Å²) in [6.07, 6.45) is 3.83. The quantitative estimate of drug-likeness (QED) is 0.331. The molecule has 1 aliphatic heterocycles. The zero-order valence-corrected chi connectivity index (χ0v) is 22.2. The Morgan fingerprint density at radius 2 is 1.61 bits per heavy atom. The first-order valence-electron chi connectivity index (χ1n) is 12.1. The van der Waals surface area contributed by atoms with Crippen LogP contribution in [0.5, 0.6) is 0 Å². The molecule has 188 valence electrons. The molecule has 0 atom stereocenters. The van der Waals surface area contributed by atoms with E-state index in [1.165, 1.54) is 24.8 Å². The van der Waals surface area contributed by atoms with E-state index in [1.807, 2.05) is 30.3 Å². The summed E-state index contributed by atoms with van der Waals surface area (Å²) in [7, 11) is -3.74. The first-order chi connectivity index (χ1) is 17.4. The first-order valence-corrected chi connectivity index (χ1v) is 14.7. The highest BCUT2D eigenvalue weighted by Gasteiger charge is 2.17. The number of hydrogen-bond donors (Lipinski definition) is 1. The van der Waals surface area contributed by atoms with Gasteiger partial charge in [0.25, 0.3) is 0 Å². The molecule has 0 unspecified atom stereocenters. The molecule has 1 aliphatic rings. The predicted molar refractivity (Wildman–Crippen MR) is 146 cm³/mol. The molecule has 0 aliphatic carbocycles. The van der Waals surface area contributed by atoms with Crippen LogP contribution < -0.4 is 9.60 Å². The first kappa shape index (κ1) is 25.2. The van der Waals surface area contributed by atoms with Crippen molar-refractivity contribution in [1.82, 2.24) is 14.2 Å². The fraction of sp³-hybridized carbons (Fsp3) is 0.296. The third kappa shape index (κ3) is 5.74. The van der Waals surface area contributed by atoms with Gasteiger partial charge in [-0.25, -0.2) is 13.1 Å². The minimum absolute atomic E-state index is 0.142. The Labute approximate surface area is 220 Å². The molecule has 0 radical (unpaired) electrons. The largest absolute Gasteiger partial charge is 0.308 e. The number of hydrogen-bond acceptors (Lipinski definition) is 5. The van der Waals surface area contributed by atoms with Crippen molar-refractivity contribution in [2.45, 2.75) is 43.8 Å². The maximum atomic E-state index is 13.0. The molecule has 0 saturated carbocycles. The van der Waals surface area contributed by atoms with Crippen LogP contribution in [0.2, 0.25) is 5.02 Å². The molecular formula is C27H28ClN3O3S2. The summed E-state index contributed by atoms with van der Waals surface area (Å²) in [6, 6.07) is 20.3. The van der Waals surface area contributed by atoms with Crippen molar-refractivity contribution in [3.8, 4) is 0 Å². The highest BCUT2D eigenvalue weighted by molar-refractivity contribution is 7.89. The zero-order chi connectivity index (χ0) is 25.1. The molecule has 9 heteroatoms. The molecule has 1 saturated heterocycles. The Bertz CT molecular complexity index is 1520. The second-order valence-corrected chi connectivity index (χ2v) is 12.3. The van der Waals surface area contributed by atoms with Gasteiger partial charge in [-0.15, -0.1) is 0 Å². The lowest BCUT2D eigenvalue weighted by molar-refractivity contribution is 0.221. The molecule has 36 heavy (non-hydrogen) atoms. The standard InChI is InChI=1S/C27H28ClN3O3S2/c28-24-7-3-2-6-22(24)19-31-25-13-12-23(16-26(25)35-27(31)32)36(33,34)29-17-20-8-10-21(11-9-20)18-30-14-4-1-5-15-30/h2-3,6-13,16,29H,1,4-5,14-15,17-19H2. The molecule has 6 nitrogen and oxygen atoms in total. The number of halogens is 1. The fourth-order valence-corrected chi connectivity index (χ4v) is 6.80. The maximum Gasteiger partial charge on any atom is 0.308 e. The highest BCUT2D eigenvalue weighted by Crippen LogP contribution is 2.24. The third-order valence-electron chi connectivity index (χ3n) is 6.58. The molecule has 1 N–H and O–H groups in total. The number of benzene rings is 3. The van der Waals surface area contributed by atoms with Crippen molar-refractivity contribution in [2.75, 3.05) is 13.1 Å². The van der Waals surface area contributed by atoms with Gasteiger partial charge in [-0.3, -0.25) is 14.3 Å². The monoisotopic (exact) mass is 541 g/mol. The van der Waals surface area contributed by atoms with E-state index in [0.29, 0.717) is 21.8 Å². The molecule has 0 spiro atoms. The van der Waals surface area contributed by atoms with Gasteiger partial charge in [0.15, 0.2) is 0 Å². The van der Waals surface area contributed by atoms with Gasteiger partial charge < -0.3 is 0 Å². The van der Waals surface area contributed by atoms with Crippen molar-refractivity contribution >= 4 is 43.2 Å². The highest BCUT2D eigenvalue weighted by atomic mass is 35.5. The predicted octanol–water partition coefficient (Wildman–Crippen LogP) is 5.23. The summed E-state index contributed by atoms with van der Waals surface area (Å²) in [5.41, 5.74) is 3.66. The number of thiazole rings is 1. The minimum Gasteiger partial charge on any atom is -0.299 e. The fourth-order valence-electron chi connectivity index (χ4n) is 4.56. The summed E-state index contributed by atoms with van der Waals surface area (Å²) in [5.74, 6) is 0. The van der Waals surface area contributed by atoms with Crippen LogP contribution in [0.4, 0.5) is 0 Å². The third-order valence-corrected chi connectivity index (χ3v) is 9.29. The Hall–Kier alpha value is -2.49. The normalized spacial score (nSPS) is 14.9. The Morgan fingerprint density at radius 1 is 0.889 bits per heavy atom. The van der Waals surface area contributed by atoms with Crippen molar-refractivity contribution < 1.29 is 8.42 Å². The maximum absolute atomic E-state index is 13.0. The molecule has 1 aromatic heterocycles. The van der Waals surface area contributed by atoms with E-state index >= 15 is 0 Å². The summed E-state index contributed by atoms with van der Waals surface area (Å²) in [5, 5.41) is 0.590. The number of fused-ring (bicyclic) bond motifs is 1. The van der Waals surface area contributed by atoms with Crippen molar-refractivity contribution in [3.63, 3.8) is 0 Å². The summed E-state index contributed by atoms with van der Waals surface area (Å²) in [4.78, 5) is 15.1. The molecule has 2 heterocycles. The van der Waals surface area contributed by atoms with E-state index in [1.54, 1.807) is 28.8 Å². The molecular weight excluding hydrogens is 514 g/mol. The van der Waals surface area contributed by atoms with Crippen molar-refractivity contribution in [3.05, 3.63) is 98.1 Å². The average molecular weight is 542 g/mol. The molecule has 3 aromatic carbocycles. The van der Waals surface area contributed by atoms with E-state index in [4.69, 9.17) is 11.6 Å². The summed E-state index contributed by atoms with van der Waals surface area (Å²) < 4.78 is 30.9. The van der Waals surface area contributed by atoms with Gasteiger partial charge in [0.2, 0.25) is 10.0 Å². The molecule has 0 bridgehead atoms. The van der Waals surface area contributed by atoms with Gasteiger partial charge in [-0.05, 0) is 66.9 Å². The number of aromatic nitrogens is 1. The number of nitrogens with zero attached hydrogens (tertiary/aromatic N) is 2. The topological polar surface area (TPSA) is 71.4 Å². The van der Waals surface area contributed by atoms with Crippen molar-refractivity contribution in [1.29, 1.82) is 0 Å². The summed E-state index contributed by atoms with van der Waals surface area (Å²) in [6.45, 7) is 3.75. The zero-order valence-electron chi connectivity index (χ0n) is 19.8. The van der Waals surface area contributed by atoms with Crippen LogP contribution in [0.3, 0.4) is 0 Å². The van der Waals surface area contributed by atoms with Crippen LogP contribution in [-0.4, -0.2) is 31.0 Å². The van der Waals surface area contributed by atoms with Crippen LogP contribution >= 0.6 is 22.9 Å². The lowest BCUT2D eigenvalue weighted by Crippen LogP contribution is -2.29. The van der Waals surface area contributed by atoms with Crippen LogP contribution in [0.15, 0.2) is 76.4 Å². The van der Waals surface area contributed by atoms with Crippen LogP contribution in [0.1, 0.15) is 36.0 Å². The van der Waals surface area contributed by atoms with E-state index in [-0.39, 0.29) is 16.3 Å². The van der Waals surface area contributed by atoms with Gasteiger partial charge in [0.1, 0.15) is 0 Å². The van der Waals surface area contributed by atoms with E-state index < -0.39 is 10.0 Å². The van der Waals surface area contributed by atoms with Gasteiger partial charge >= 0.3 is 4.87 Å². The average Bonchev–Trinajstić information content (AvgIpc) is 3.20. The van der Waals surface area contributed by atoms with E-state index in [2.05, 4.69) is 21.8 Å². The van der Waals surface area contributed by atoms with Gasteiger partial charge in [0, 0.05) is 18.1 Å². The molecule has 0 amide bonds. The number of sulfonamides is 1. The number of rotatable bonds is 8. The SMILES string of the molecule is O=c1sc2cc(S(=O)(=O)NCc3ccc(CN4CCCCC4)cc3)ccc2n1Cc1ccccc1Cl. The number of likely N-dealkylation sites (tertiary alicyclic amines) is 1. The Kier molecular flexibility index (Phi) is 7.60.